The average molecular weight is 230 g/mol. The number of fused-ring (bicyclic) bond motifs is 1. The standard InChI is InChI=1S/C15H22N2/c1-10-8-11(2)15-13(6-5-7-16-4)12(3)17-14(15)9-10/h8-9,16-17H,5-7H2,1-4H3. The van der Waals surface area contributed by atoms with Crippen molar-refractivity contribution in [2.75, 3.05) is 13.6 Å². The molecule has 2 rings (SSSR count). The number of rotatable bonds is 4. The third kappa shape index (κ3) is 2.37. The van der Waals surface area contributed by atoms with Gasteiger partial charge in [0, 0.05) is 16.6 Å². The summed E-state index contributed by atoms with van der Waals surface area (Å²) >= 11 is 0. The summed E-state index contributed by atoms with van der Waals surface area (Å²) < 4.78 is 0. The predicted octanol–water partition coefficient (Wildman–Crippen LogP) is 3.25. The summed E-state index contributed by atoms with van der Waals surface area (Å²) in [4.78, 5) is 3.52. The first kappa shape index (κ1) is 12.2. The van der Waals surface area contributed by atoms with Crippen LogP contribution in [0.2, 0.25) is 0 Å². The van der Waals surface area contributed by atoms with E-state index in [1.54, 1.807) is 0 Å². The lowest BCUT2D eigenvalue weighted by molar-refractivity contribution is 0.724. The molecule has 2 N–H and O–H groups in total. The van der Waals surface area contributed by atoms with E-state index in [9.17, 15) is 0 Å². The van der Waals surface area contributed by atoms with Crippen LogP contribution < -0.4 is 5.32 Å². The Labute approximate surface area is 103 Å². The zero-order valence-corrected chi connectivity index (χ0v) is 11.3. The van der Waals surface area contributed by atoms with Crippen LogP contribution in [0.15, 0.2) is 12.1 Å². The highest BCUT2D eigenvalue weighted by Crippen LogP contribution is 2.27. The highest BCUT2D eigenvalue weighted by Gasteiger charge is 2.10. The van der Waals surface area contributed by atoms with Crippen molar-refractivity contribution in [1.29, 1.82) is 0 Å². The minimum absolute atomic E-state index is 1.08. The maximum absolute atomic E-state index is 3.52. The van der Waals surface area contributed by atoms with Gasteiger partial charge in [0.1, 0.15) is 0 Å². The summed E-state index contributed by atoms with van der Waals surface area (Å²) in [5.41, 5.74) is 6.83. The highest BCUT2D eigenvalue weighted by molar-refractivity contribution is 5.88. The molecule has 0 aliphatic rings. The third-order valence-corrected chi connectivity index (χ3v) is 3.41. The molecule has 2 aromatic rings. The summed E-state index contributed by atoms with van der Waals surface area (Å²) in [5, 5.41) is 4.65. The Bertz CT molecular complexity index is 523. The number of nitrogens with one attached hydrogen (secondary N) is 2. The lowest BCUT2D eigenvalue weighted by Gasteiger charge is -2.04. The molecule has 0 fully saturated rings. The molecule has 92 valence electrons. The van der Waals surface area contributed by atoms with Gasteiger partial charge in [-0.1, -0.05) is 6.07 Å². The van der Waals surface area contributed by atoms with Crippen LogP contribution in [-0.2, 0) is 6.42 Å². The maximum Gasteiger partial charge on any atom is 0.0464 e. The predicted molar refractivity (Wildman–Crippen MR) is 74.8 cm³/mol. The fraction of sp³-hybridized carbons (Fsp3) is 0.467. The van der Waals surface area contributed by atoms with Gasteiger partial charge in [-0.15, -0.1) is 0 Å². The van der Waals surface area contributed by atoms with Crippen molar-refractivity contribution in [1.82, 2.24) is 10.3 Å². The molecule has 17 heavy (non-hydrogen) atoms. The van der Waals surface area contributed by atoms with Crippen molar-refractivity contribution in [2.24, 2.45) is 0 Å². The Morgan fingerprint density at radius 2 is 1.94 bits per heavy atom. The number of hydrogen-bond acceptors (Lipinski definition) is 1. The largest absolute Gasteiger partial charge is 0.358 e. The topological polar surface area (TPSA) is 27.8 Å². The minimum atomic E-state index is 1.08. The molecule has 0 amide bonds. The molecule has 0 saturated heterocycles. The molecule has 0 aliphatic carbocycles. The average Bonchev–Trinajstić information content (AvgIpc) is 2.55. The van der Waals surface area contributed by atoms with Crippen molar-refractivity contribution in [2.45, 2.75) is 33.6 Å². The Kier molecular flexibility index (Phi) is 3.53. The van der Waals surface area contributed by atoms with Crippen LogP contribution in [-0.4, -0.2) is 18.6 Å². The molecule has 0 bridgehead atoms. The number of aryl methyl sites for hydroxylation is 4. The summed E-state index contributed by atoms with van der Waals surface area (Å²) in [6, 6.07) is 4.52. The lowest BCUT2D eigenvalue weighted by atomic mass is 10.0. The molecular formula is C15H22N2. The second kappa shape index (κ2) is 4.92. The van der Waals surface area contributed by atoms with Crippen molar-refractivity contribution in [3.05, 3.63) is 34.5 Å². The Balaban J connectivity index is 2.43. The molecule has 0 aliphatic heterocycles. The lowest BCUT2D eigenvalue weighted by Crippen LogP contribution is -2.08. The van der Waals surface area contributed by atoms with E-state index in [1.807, 2.05) is 7.05 Å². The molecule has 0 saturated carbocycles. The van der Waals surface area contributed by atoms with Gasteiger partial charge in [-0.3, -0.25) is 0 Å². The molecule has 0 atom stereocenters. The van der Waals surface area contributed by atoms with Gasteiger partial charge in [-0.05, 0) is 70.0 Å². The van der Waals surface area contributed by atoms with Gasteiger partial charge in [0.15, 0.2) is 0 Å². The molecule has 0 spiro atoms. The smallest absolute Gasteiger partial charge is 0.0464 e. The maximum atomic E-state index is 3.52. The Morgan fingerprint density at radius 1 is 1.18 bits per heavy atom. The van der Waals surface area contributed by atoms with Crippen LogP contribution in [0, 0.1) is 20.8 Å². The van der Waals surface area contributed by atoms with E-state index in [-0.39, 0.29) is 0 Å². The number of benzene rings is 1. The van der Waals surface area contributed by atoms with E-state index in [0.717, 1.165) is 13.0 Å². The van der Waals surface area contributed by atoms with E-state index in [4.69, 9.17) is 0 Å². The van der Waals surface area contributed by atoms with E-state index in [2.05, 4.69) is 43.2 Å². The van der Waals surface area contributed by atoms with Crippen LogP contribution in [0.3, 0.4) is 0 Å². The molecule has 1 aromatic carbocycles. The van der Waals surface area contributed by atoms with Gasteiger partial charge >= 0.3 is 0 Å². The number of hydrogen-bond donors (Lipinski definition) is 2. The minimum Gasteiger partial charge on any atom is -0.358 e. The zero-order valence-electron chi connectivity index (χ0n) is 11.3. The van der Waals surface area contributed by atoms with Gasteiger partial charge < -0.3 is 10.3 Å². The molecule has 1 heterocycles. The Hall–Kier alpha value is -1.28. The SMILES string of the molecule is CNCCCc1c(C)[nH]c2cc(C)cc(C)c12. The molecular weight excluding hydrogens is 208 g/mol. The summed E-state index contributed by atoms with van der Waals surface area (Å²) in [5.74, 6) is 0. The highest BCUT2D eigenvalue weighted by atomic mass is 14.8. The second-order valence-corrected chi connectivity index (χ2v) is 4.94. The molecule has 0 radical (unpaired) electrons. The second-order valence-electron chi connectivity index (χ2n) is 4.94. The first-order chi connectivity index (χ1) is 8.13. The van der Waals surface area contributed by atoms with Crippen LogP contribution in [0.1, 0.15) is 28.8 Å². The fourth-order valence-corrected chi connectivity index (χ4v) is 2.69. The first-order valence-electron chi connectivity index (χ1n) is 6.36. The molecule has 2 nitrogen and oxygen atoms in total. The van der Waals surface area contributed by atoms with E-state index in [0.29, 0.717) is 0 Å². The van der Waals surface area contributed by atoms with Crippen molar-refractivity contribution in [3.63, 3.8) is 0 Å². The molecule has 0 unspecified atom stereocenters. The van der Waals surface area contributed by atoms with Crippen molar-refractivity contribution < 1.29 is 0 Å². The van der Waals surface area contributed by atoms with Crippen LogP contribution >= 0.6 is 0 Å². The van der Waals surface area contributed by atoms with Crippen LogP contribution in [0.5, 0.6) is 0 Å². The van der Waals surface area contributed by atoms with Gasteiger partial charge in [-0.25, -0.2) is 0 Å². The van der Waals surface area contributed by atoms with Crippen LogP contribution in [0.4, 0.5) is 0 Å². The third-order valence-electron chi connectivity index (χ3n) is 3.41. The van der Waals surface area contributed by atoms with Gasteiger partial charge in [0.25, 0.3) is 0 Å². The van der Waals surface area contributed by atoms with Crippen LogP contribution in [0.25, 0.3) is 10.9 Å². The summed E-state index contributed by atoms with van der Waals surface area (Å²) in [6.07, 6.45) is 2.34. The van der Waals surface area contributed by atoms with E-state index in [1.165, 1.54) is 39.7 Å². The fourth-order valence-electron chi connectivity index (χ4n) is 2.69. The van der Waals surface area contributed by atoms with Gasteiger partial charge in [0.05, 0.1) is 0 Å². The van der Waals surface area contributed by atoms with Gasteiger partial charge in [0.2, 0.25) is 0 Å². The number of aromatic nitrogens is 1. The normalized spacial score (nSPS) is 11.3. The quantitative estimate of drug-likeness (QED) is 0.775. The molecule has 1 aromatic heterocycles. The van der Waals surface area contributed by atoms with E-state index >= 15 is 0 Å². The van der Waals surface area contributed by atoms with E-state index < -0.39 is 0 Å². The first-order valence-corrected chi connectivity index (χ1v) is 6.36. The summed E-state index contributed by atoms with van der Waals surface area (Å²) in [7, 11) is 2.01. The zero-order chi connectivity index (χ0) is 12.4. The number of H-pyrrole nitrogens is 1. The summed E-state index contributed by atoms with van der Waals surface area (Å²) in [6.45, 7) is 7.63. The molecule has 2 heteroatoms. The van der Waals surface area contributed by atoms with Gasteiger partial charge in [-0.2, -0.15) is 0 Å². The monoisotopic (exact) mass is 230 g/mol. The Morgan fingerprint density at radius 3 is 2.65 bits per heavy atom. The van der Waals surface area contributed by atoms with Crippen molar-refractivity contribution >= 4 is 10.9 Å². The van der Waals surface area contributed by atoms with Crippen molar-refractivity contribution in [3.8, 4) is 0 Å². The number of aromatic amines is 1.